The molecule has 2 heterocycles. The van der Waals surface area contributed by atoms with Crippen molar-refractivity contribution in [1.29, 1.82) is 0 Å². The second-order valence-corrected chi connectivity index (χ2v) is 6.73. The topological polar surface area (TPSA) is 48.2 Å². The first kappa shape index (κ1) is 20.9. The van der Waals surface area contributed by atoms with Gasteiger partial charge in [0.25, 0.3) is 5.82 Å². The molecular weight excluding hydrogens is 432 g/mol. The summed E-state index contributed by atoms with van der Waals surface area (Å²) in [7, 11) is 1.62. The minimum absolute atomic E-state index is 0. The maximum Gasteiger partial charge on any atom is 0.256 e. The summed E-state index contributed by atoms with van der Waals surface area (Å²) in [6.45, 7) is 3.04. The zero-order chi connectivity index (χ0) is 19.5. The molecule has 0 fully saturated rings. The standard InChI is InChI=1S/C23H23N2O3.BrH/c1-3-23-24(15-20-14-18-6-4-5-7-22(18)28-20)12-13-25(23)16-21(26)17-8-10-19(27-2)11-9-17;/h4-14H,3,15-16H2,1-2H3;1H/q+1;/p-1. The monoisotopic (exact) mass is 454 g/mol. The average Bonchev–Trinajstić information content (AvgIpc) is 3.31. The highest BCUT2D eigenvalue weighted by atomic mass is 79.9. The SMILES string of the molecule is CCc1n(Cc2cc3ccccc3o2)cc[n+]1CC(=O)c1ccc(OC)cc1.[Br-]. The predicted molar refractivity (Wildman–Crippen MR) is 107 cm³/mol. The average molecular weight is 455 g/mol. The molecule has 0 radical (unpaired) electrons. The number of hydrogen-bond donors (Lipinski definition) is 0. The molecule has 0 aliphatic rings. The van der Waals surface area contributed by atoms with E-state index in [1.54, 1.807) is 19.2 Å². The van der Waals surface area contributed by atoms with Gasteiger partial charge in [-0.05, 0) is 36.4 Å². The summed E-state index contributed by atoms with van der Waals surface area (Å²) in [5, 5.41) is 1.10. The highest BCUT2D eigenvalue weighted by molar-refractivity contribution is 5.95. The van der Waals surface area contributed by atoms with Gasteiger partial charge in [-0.3, -0.25) is 4.79 Å². The number of carbonyl (C=O) groups excluding carboxylic acids is 1. The van der Waals surface area contributed by atoms with Gasteiger partial charge in [-0.2, -0.15) is 0 Å². The van der Waals surface area contributed by atoms with Crippen LogP contribution in [0, 0.1) is 0 Å². The van der Waals surface area contributed by atoms with E-state index >= 15 is 0 Å². The van der Waals surface area contributed by atoms with Crippen molar-refractivity contribution in [2.24, 2.45) is 0 Å². The minimum Gasteiger partial charge on any atom is -1.00 e. The zero-order valence-electron chi connectivity index (χ0n) is 16.5. The molecule has 0 bridgehead atoms. The molecule has 29 heavy (non-hydrogen) atoms. The van der Waals surface area contributed by atoms with Gasteiger partial charge >= 0.3 is 0 Å². The summed E-state index contributed by atoms with van der Waals surface area (Å²) in [6, 6.07) is 17.3. The van der Waals surface area contributed by atoms with Gasteiger partial charge in [0.05, 0.1) is 7.11 Å². The number of halogens is 1. The molecule has 2 aromatic heterocycles. The lowest BCUT2D eigenvalue weighted by Gasteiger charge is -2.04. The van der Waals surface area contributed by atoms with Crippen LogP contribution in [0.1, 0.15) is 28.9 Å². The van der Waals surface area contributed by atoms with Crippen LogP contribution >= 0.6 is 0 Å². The van der Waals surface area contributed by atoms with Crippen LogP contribution in [-0.4, -0.2) is 17.5 Å². The van der Waals surface area contributed by atoms with E-state index in [4.69, 9.17) is 9.15 Å². The number of fused-ring (bicyclic) bond motifs is 1. The van der Waals surface area contributed by atoms with E-state index < -0.39 is 0 Å². The molecule has 0 aliphatic heterocycles. The number of Topliss-reactive ketones (excluding diaryl/α,β-unsaturated/α-hetero) is 1. The zero-order valence-corrected chi connectivity index (χ0v) is 18.1. The Labute approximate surface area is 180 Å². The van der Waals surface area contributed by atoms with Crippen LogP contribution in [-0.2, 0) is 19.5 Å². The van der Waals surface area contributed by atoms with Gasteiger partial charge in [0.15, 0.2) is 6.54 Å². The highest BCUT2D eigenvalue weighted by Crippen LogP contribution is 2.20. The smallest absolute Gasteiger partial charge is 0.256 e. The fourth-order valence-corrected chi connectivity index (χ4v) is 3.50. The molecule has 4 aromatic rings. The molecule has 0 atom stereocenters. The first-order valence-corrected chi connectivity index (χ1v) is 9.40. The number of methoxy groups -OCH3 is 1. The van der Waals surface area contributed by atoms with Crippen LogP contribution < -0.4 is 26.3 Å². The molecule has 0 N–H and O–H groups in total. The Balaban J connectivity index is 0.00000240. The summed E-state index contributed by atoms with van der Waals surface area (Å²) < 4.78 is 15.2. The maximum atomic E-state index is 12.7. The molecular formula is C23H23BrN2O3. The Morgan fingerprint density at radius 1 is 1.14 bits per heavy atom. The molecule has 4 rings (SSSR count). The molecule has 0 amide bonds. The largest absolute Gasteiger partial charge is 1.00 e. The van der Waals surface area contributed by atoms with E-state index in [2.05, 4.69) is 17.6 Å². The van der Waals surface area contributed by atoms with E-state index in [1.807, 2.05) is 53.4 Å². The number of nitrogens with zero attached hydrogens (tertiary/aromatic N) is 2. The first-order chi connectivity index (χ1) is 13.7. The lowest BCUT2D eigenvalue weighted by molar-refractivity contribution is -0.690. The number of imidazole rings is 1. The van der Waals surface area contributed by atoms with Gasteiger partial charge in [-0.25, -0.2) is 9.13 Å². The molecule has 0 saturated carbocycles. The molecule has 150 valence electrons. The van der Waals surface area contributed by atoms with Crippen LogP contribution in [0.2, 0.25) is 0 Å². The summed E-state index contributed by atoms with van der Waals surface area (Å²) in [4.78, 5) is 12.7. The van der Waals surface area contributed by atoms with Crippen LogP contribution in [0.5, 0.6) is 5.75 Å². The third-order valence-corrected chi connectivity index (χ3v) is 4.93. The second kappa shape index (κ2) is 9.09. The molecule has 2 aromatic carbocycles. The number of hydrogen-bond acceptors (Lipinski definition) is 3. The third kappa shape index (κ3) is 4.43. The highest BCUT2D eigenvalue weighted by Gasteiger charge is 2.20. The van der Waals surface area contributed by atoms with Crippen molar-refractivity contribution in [1.82, 2.24) is 4.57 Å². The lowest BCUT2D eigenvalue weighted by Crippen LogP contribution is -3.00. The quantitative estimate of drug-likeness (QED) is 0.309. The number of furan rings is 1. The Bertz CT molecular complexity index is 1080. The van der Waals surface area contributed by atoms with Crippen molar-refractivity contribution in [2.45, 2.75) is 26.4 Å². The Hall–Kier alpha value is -2.86. The van der Waals surface area contributed by atoms with Crippen LogP contribution in [0.4, 0.5) is 0 Å². The Kier molecular flexibility index (Phi) is 6.54. The van der Waals surface area contributed by atoms with Crippen LogP contribution in [0.25, 0.3) is 11.0 Å². The second-order valence-electron chi connectivity index (χ2n) is 6.73. The number of para-hydroxylation sites is 1. The number of carbonyl (C=O) groups is 1. The predicted octanol–water partition coefficient (Wildman–Crippen LogP) is 1.03. The van der Waals surface area contributed by atoms with Gasteiger partial charge in [0.2, 0.25) is 5.78 Å². The van der Waals surface area contributed by atoms with Crippen molar-refractivity contribution < 1.29 is 35.5 Å². The van der Waals surface area contributed by atoms with Gasteiger partial charge in [0, 0.05) is 17.4 Å². The number of ketones is 1. The Morgan fingerprint density at radius 2 is 1.90 bits per heavy atom. The van der Waals surface area contributed by atoms with Gasteiger partial charge in [0.1, 0.15) is 36.0 Å². The summed E-state index contributed by atoms with van der Waals surface area (Å²) in [5.41, 5.74) is 1.57. The van der Waals surface area contributed by atoms with Crippen molar-refractivity contribution in [3.8, 4) is 5.75 Å². The normalized spacial score (nSPS) is 10.7. The molecule has 0 unspecified atom stereocenters. The van der Waals surface area contributed by atoms with E-state index in [-0.39, 0.29) is 22.8 Å². The maximum absolute atomic E-state index is 12.7. The van der Waals surface area contributed by atoms with E-state index in [9.17, 15) is 4.79 Å². The first-order valence-electron chi connectivity index (χ1n) is 9.40. The van der Waals surface area contributed by atoms with Crippen molar-refractivity contribution in [2.75, 3.05) is 7.11 Å². The summed E-state index contributed by atoms with van der Waals surface area (Å²) >= 11 is 0. The lowest BCUT2D eigenvalue weighted by atomic mass is 10.1. The summed E-state index contributed by atoms with van der Waals surface area (Å²) in [6.07, 6.45) is 4.79. The van der Waals surface area contributed by atoms with Crippen LogP contribution in [0.15, 0.2) is 71.4 Å². The molecule has 6 heteroatoms. The molecule has 0 spiro atoms. The third-order valence-electron chi connectivity index (χ3n) is 4.93. The minimum atomic E-state index is 0. The van der Waals surface area contributed by atoms with Gasteiger partial charge in [-0.15, -0.1) is 0 Å². The van der Waals surface area contributed by atoms with Crippen molar-refractivity contribution in [3.63, 3.8) is 0 Å². The fourth-order valence-electron chi connectivity index (χ4n) is 3.50. The molecule has 5 nitrogen and oxygen atoms in total. The molecule has 0 saturated heterocycles. The van der Waals surface area contributed by atoms with E-state index in [0.717, 1.165) is 34.7 Å². The van der Waals surface area contributed by atoms with Gasteiger partial charge < -0.3 is 26.1 Å². The van der Waals surface area contributed by atoms with E-state index in [0.29, 0.717) is 18.7 Å². The van der Waals surface area contributed by atoms with Crippen LogP contribution in [0.3, 0.4) is 0 Å². The summed E-state index contributed by atoms with van der Waals surface area (Å²) in [5.74, 6) is 2.81. The van der Waals surface area contributed by atoms with Crippen molar-refractivity contribution in [3.05, 3.63) is 84.1 Å². The fraction of sp³-hybridized carbons (Fsp3) is 0.217. The van der Waals surface area contributed by atoms with E-state index in [1.165, 1.54) is 0 Å². The number of ether oxygens (including phenoxy) is 1. The number of benzene rings is 2. The van der Waals surface area contributed by atoms with Gasteiger partial charge in [-0.1, -0.05) is 25.1 Å². The number of aromatic nitrogens is 2. The number of rotatable bonds is 7. The molecule has 0 aliphatic carbocycles. The Morgan fingerprint density at radius 3 is 2.59 bits per heavy atom. The van der Waals surface area contributed by atoms with Crippen molar-refractivity contribution >= 4 is 16.8 Å².